The molecule has 2 unspecified atom stereocenters. The number of hydrogen-bond acceptors (Lipinski definition) is 3. The standard InChI is InChI=1S/C11H19N3O2/c1-8-5-12-6-9(8)13-10(15)7-14-4-2-3-11(14)16/h8-9,12H,2-7H2,1H3,(H,13,15). The highest BCUT2D eigenvalue weighted by atomic mass is 16.2. The Kier molecular flexibility index (Phi) is 3.43. The van der Waals surface area contributed by atoms with E-state index in [0.717, 1.165) is 26.1 Å². The van der Waals surface area contributed by atoms with E-state index in [-0.39, 0.29) is 24.4 Å². The van der Waals surface area contributed by atoms with Crippen molar-refractivity contribution in [1.82, 2.24) is 15.5 Å². The van der Waals surface area contributed by atoms with Gasteiger partial charge in [-0.05, 0) is 18.9 Å². The first-order chi connectivity index (χ1) is 7.66. The number of amides is 2. The van der Waals surface area contributed by atoms with Crippen LogP contribution in [0, 0.1) is 5.92 Å². The molecule has 0 aromatic heterocycles. The molecule has 2 fully saturated rings. The first kappa shape index (κ1) is 11.4. The predicted molar refractivity (Wildman–Crippen MR) is 59.8 cm³/mol. The van der Waals surface area contributed by atoms with Crippen LogP contribution in [0.25, 0.3) is 0 Å². The Morgan fingerprint density at radius 3 is 2.94 bits per heavy atom. The Morgan fingerprint density at radius 2 is 2.38 bits per heavy atom. The van der Waals surface area contributed by atoms with Gasteiger partial charge in [0.15, 0.2) is 0 Å². The Labute approximate surface area is 95.6 Å². The number of carbonyl (C=O) groups is 2. The van der Waals surface area contributed by atoms with Crippen molar-refractivity contribution in [2.24, 2.45) is 5.92 Å². The summed E-state index contributed by atoms with van der Waals surface area (Å²) >= 11 is 0. The topological polar surface area (TPSA) is 61.4 Å². The number of rotatable bonds is 3. The molecule has 16 heavy (non-hydrogen) atoms. The van der Waals surface area contributed by atoms with Crippen LogP contribution in [-0.2, 0) is 9.59 Å². The number of hydrogen-bond donors (Lipinski definition) is 2. The molecule has 2 rings (SSSR count). The number of nitrogens with one attached hydrogen (secondary N) is 2. The van der Waals surface area contributed by atoms with Gasteiger partial charge >= 0.3 is 0 Å². The van der Waals surface area contributed by atoms with Gasteiger partial charge in [0, 0.05) is 25.6 Å². The summed E-state index contributed by atoms with van der Waals surface area (Å²) in [5.74, 6) is 0.543. The third-order valence-electron chi connectivity index (χ3n) is 3.37. The second kappa shape index (κ2) is 4.82. The molecule has 0 aromatic carbocycles. The van der Waals surface area contributed by atoms with Crippen molar-refractivity contribution < 1.29 is 9.59 Å². The molecule has 0 aromatic rings. The first-order valence-corrected chi connectivity index (χ1v) is 5.94. The molecular weight excluding hydrogens is 206 g/mol. The van der Waals surface area contributed by atoms with Gasteiger partial charge in [0.25, 0.3) is 0 Å². The summed E-state index contributed by atoms with van der Waals surface area (Å²) in [6.07, 6.45) is 1.47. The third kappa shape index (κ3) is 2.52. The van der Waals surface area contributed by atoms with Crippen molar-refractivity contribution >= 4 is 11.8 Å². The van der Waals surface area contributed by atoms with Gasteiger partial charge in [-0.15, -0.1) is 0 Å². The molecule has 0 bridgehead atoms. The Balaban J connectivity index is 1.77. The smallest absolute Gasteiger partial charge is 0.239 e. The van der Waals surface area contributed by atoms with Crippen LogP contribution in [0.4, 0.5) is 0 Å². The molecule has 0 radical (unpaired) electrons. The average Bonchev–Trinajstić information content (AvgIpc) is 2.79. The molecule has 0 saturated carbocycles. The summed E-state index contributed by atoms with van der Waals surface area (Å²) in [7, 11) is 0. The second-order valence-electron chi connectivity index (χ2n) is 4.73. The van der Waals surface area contributed by atoms with E-state index in [2.05, 4.69) is 17.6 Å². The highest BCUT2D eigenvalue weighted by Crippen LogP contribution is 2.10. The van der Waals surface area contributed by atoms with Crippen molar-refractivity contribution in [2.45, 2.75) is 25.8 Å². The van der Waals surface area contributed by atoms with Crippen LogP contribution < -0.4 is 10.6 Å². The summed E-state index contributed by atoms with van der Waals surface area (Å²) in [6.45, 7) is 4.85. The van der Waals surface area contributed by atoms with Crippen molar-refractivity contribution in [1.29, 1.82) is 0 Å². The van der Waals surface area contributed by atoms with Crippen LogP contribution in [0.1, 0.15) is 19.8 Å². The highest BCUT2D eigenvalue weighted by Gasteiger charge is 2.27. The lowest BCUT2D eigenvalue weighted by atomic mass is 10.1. The van der Waals surface area contributed by atoms with Crippen molar-refractivity contribution in [2.75, 3.05) is 26.2 Å². The highest BCUT2D eigenvalue weighted by molar-refractivity contribution is 5.85. The van der Waals surface area contributed by atoms with Crippen molar-refractivity contribution in [3.8, 4) is 0 Å². The lowest BCUT2D eigenvalue weighted by molar-refractivity contribution is -0.133. The fraction of sp³-hybridized carbons (Fsp3) is 0.818. The molecule has 5 heteroatoms. The maximum Gasteiger partial charge on any atom is 0.239 e. The van der Waals surface area contributed by atoms with Gasteiger partial charge in [-0.2, -0.15) is 0 Å². The number of carbonyl (C=O) groups excluding carboxylic acids is 2. The zero-order valence-electron chi connectivity index (χ0n) is 9.66. The molecule has 2 atom stereocenters. The van der Waals surface area contributed by atoms with E-state index < -0.39 is 0 Å². The van der Waals surface area contributed by atoms with Gasteiger partial charge in [0.2, 0.25) is 11.8 Å². The van der Waals surface area contributed by atoms with E-state index in [1.165, 1.54) is 0 Å². The second-order valence-corrected chi connectivity index (χ2v) is 4.73. The zero-order chi connectivity index (χ0) is 11.5. The summed E-state index contributed by atoms with van der Waals surface area (Å²) in [5.41, 5.74) is 0. The van der Waals surface area contributed by atoms with E-state index in [4.69, 9.17) is 0 Å². The molecular formula is C11H19N3O2. The van der Waals surface area contributed by atoms with Gasteiger partial charge in [0.05, 0.1) is 6.54 Å². The summed E-state index contributed by atoms with van der Waals surface area (Å²) < 4.78 is 0. The van der Waals surface area contributed by atoms with Crippen LogP contribution in [-0.4, -0.2) is 48.9 Å². The fourth-order valence-electron chi connectivity index (χ4n) is 2.30. The lowest BCUT2D eigenvalue weighted by Crippen LogP contribution is -2.45. The summed E-state index contributed by atoms with van der Waals surface area (Å²) in [4.78, 5) is 24.7. The maximum atomic E-state index is 11.7. The minimum atomic E-state index is -0.0317. The van der Waals surface area contributed by atoms with E-state index >= 15 is 0 Å². The van der Waals surface area contributed by atoms with Crippen LogP contribution in [0.15, 0.2) is 0 Å². The first-order valence-electron chi connectivity index (χ1n) is 5.94. The molecule has 2 saturated heterocycles. The van der Waals surface area contributed by atoms with E-state index in [1.54, 1.807) is 4.90 Å². The van der Waals surface area contributed by atoms with Gasteiger partial charge in [0.1, 0.15) is 0 Å². The summed E-state index contributed by atoms with van der Waals surface area (Å²) in [6, 6.07) is 0.213. The molecule has 2 aliphatic rings. The number of nitrogens with zero attached hydrogens (tertiary/aromatic N) is 1. The Hall–Kier alpha value is -1.10. The zero-order valence-corrected chi connectivity index (χ0v) is 9.66. The molecule has 0 spiro atoms. The number of likely N-dealkylation sites (tertiary alicyclic amines) is 1. The van der Waals surface area contributed by atoms with Crippen LogP contribution >= 0.6 is 0 Å². The Morgan fingerprint density at radius 1 is 1.56 bits per heavy atom. The monoisotopic (exact) mass is 225 g/mol. The third-order valence-corrected chi connectivity index (χ3v) is 3.37. The molecule has 2 aliphatic heterocycles. The van der Waals surface area contributed by atoms with Gasteiger partial charge in [-0.3, -0.25) is 9.59 Å². The SMILES string of the molecule is CC1CNCC1NC(=O)CN1CCCC1=O. The van der Waals surface area contributed by atoms with E-state index in [0.29, 0.717) is 12.3 Å². The molecule has 2 heterocycles. The minimum absolute atomic E-state index is 0.0317. The summed E-state index contributed by atoms with van der Waals surface area (Å²) in [5, 5.41) is 6.22. The largest absolute Gasteiger partial charge is 0.350 e. The molecule has 5 nitrogen and oxygen atoms in total. The van der Waals surface area contributed by atoms with Gasteiger partial charge in [-0.1, -0.05) is 6.92 Å². The minimum Gasteiger partial charge on any atom is -0.350 e. The van der Waals surface area contributed by atoms with E-state index in [9.17, 15) is 9.59 Å². The maximum absolute atomic E-state index is 11.7. The fourth-order valence-corrected chi connectivity index (χ4v) is 2.30. The molecule has 2 amide bonds. The molecule has 2 N–H and O–H groups in total. The van der Waals surface area contributed by atoms with Crippen molar-refractivity contribution in [3.05, 3.63) is 0 Å². The van der Waals surface area contributed by atoms with Gasteiger partial charge < -0.3 is 15.5 Å². The molecule has 0 aliphatic carbocycles. The average molecular weight is 225 g/mol. The van der Waals surface area contributed by atoms with Gasteiger partial charge in [-0.25, -0.2) is 0 Å². The normalized spacial score (nSPS) is 29.8. The van der Waals surface area contributed by atoms with Crippen molar-refractivity contribution in [3.63, 3.8) is 0 Å². The predicted octanol–water partition coefficient (Wildman–Crippen LogP) is -0.667. The van der Waals surface area contributed by atoms with Crippen LogP contribution in [0.3, 0.4) is 0 Å². The lowest BCUT2D eigenvalue weighted by Gasteiger charge is -2.19. The Bertz CT molecular complexity index is 293. The quantitative estimate of drug-likeness (QED) is 0.670. The van der Waals surface area contributed by atoms with E-state index in [1.807, 2.05) is 0 Å². The van der Waals surface area contributed by atoms with Crippen LogP contribution in [0.2, 0.25) is 0 Å². The van der Waals surface area contributed by atoms with Crippen LogP contribution in [0.5, 0.6) is 0 Å². The molecule has 90 valence electrons.